The highest BCUT2D eigenvalue weighted by molar-refractivity contribution is 9.10. The number of amides is 1. The molecule has 1 unspecified atom stereocenters. The summed E-state index contributed by atoms with van der Waals surface area (Å²) in [5, 5.41) is 3.03. The van der Waals surface area contributed by atoms with E-state index in [1.54, 1.807) is 0 Å². The summed E-state index contributed by atoms with van der Waals surface area (Å²) >= 11 is 3.34. The lowest BCUT2D eigenvalue weighted by atomic mass is 9.82. The number of hydrogen-bond donors (Lipinski definition) is 1. The molecule has 1 N–H and O–H groups in total. The first kappa shape index (κ1) is 14.3. The quantitative estimate of drug-likeness (QED) is 0.829. The number of hydrogen-bond acceptors (Lipinski definition) is 2. The van der Waals surface area contributed by atoms with Crippen LogP contribution in [0.3, 0.4) is 0 Å². The SMILES string of the molecule is Cc1nc(Br)ccc1NC(=O)C1CCCc2ccccc21. The number of halogens is 1. The molecule has 1 aliphatic rings. The third kappa shape index (κ3) is 3.00. The van der Waals surface area contributed by atoms with Gasteiger partial charge in [0.25, 0.3) is 0 Å². The Kier molecular flexibility index (Phi) is 4.06. The maximum Gasteiger partial charge on any atom is 0.231 e. The van der Waals surface area contributed by atoms with Gasteiger partial charge >= 0.3 is 0 Å². The average Bonchev–Trinajstić information content (AvgIpc) is 2.49. The van der Waals surface area contributed by atoms with Crippen LogP contribution in [0.5, 0.6) is 0 Å². The number of fused-ring (bicyclic) bond motifs is 1. The van der Waals surface area contributed by atoms with Crippen molar-refractivity contribution in [1.82, 2.24) is 4.98 Å². The number of rotatable bonds is 2. The van der Waals surface area contributed by atoms with E-state index in [4.69, 9.17) is 0 Å². The van der Waals surface area contributed by atoms with Crippen LogP contribution >= 0.6 is 15.9 Å². The number of pyridine rings is 1. The summed E-state index contributed by atoms with van der Waals surface area (Å²) in [5.74, 6) is 0.00682. The molecule has 2 aromatic rings. The van der Waals surface area contributed by atoms with Gasteiger partial charge in [0.15, 0.2) is 0 Å². The number of aromatic nitrogens is 1. The van der Waals surface area contributed by atoms with E-state index in [-0.39, 0.29) is 11.8 Å². The Hall–Kier alpha value is -1.68. The van der Waals surface area contributed by atoms with Crippen LogP contribution in [0.25, 0.3) is 0 Å². The van der Waals surface area contributed by atoms with E-state index in [0.29, 0.717) is 0 Å². The maximum absolute atomic E-state index is 12.6. The number of carbonyl (C=O) groups excluding carboxylic acids is 1. The summed E-state index contributed by atoms with van der Waals surface area (Å²) < 4.78 is 0.779. The van der Waals surface area contributed by atoms with Crippen LogP contribution in [0.15, 0.2) is 41.0 Å². The normalized spacial score (nSPS) is 17.1. The van der Waals surface area contributed by atoms with Crippen LogP contribution in [-0.2, 0) is 11.2 Å². The summed E-state index contributed by atoms with van der Waals surface area (Å²) in [6.07, 6.45) is 3.04. The van der Waals surface area contributed by atoms with Crippen molar-refractivity contribution in [2.24, 2.45) is 0 Å². The first-order valence-corrected chi connectivity index (χ1v) is 7.96. The van der Waals surface area contributed by atoms with Crippen LogP contribution in [0, 0.1) is 6.92 Å². The Morgan fingerprint density at radius 2 is 2.10 bits per heavy atom. The van der Waals surface area contributed by atoms with Crippen molar-refractivity contribution in [3.05, 3.63) is 57.8 Å². The summed E-state index contributed by atoms with van der Waals surface area (Å²) in [4.78, 5) is 16.9. The zero-order valence-corrected chi connectivity index (χ0v) is 13.5. The van der Waals surface area contributed by atoms with Gasteiger partial charge in [-0.25, -0.2) is 4.98 Å². The molecule has 21 heavy (non-hydrogen) atoms. The lowest BCUT2D eigenvalue weighted by Crippen LogP contribution is -2.25. The molecule has 4 heteroatoms. The van der Waals surface area contributed by atoms with Crippen LogP contribution < -0.4 is 5.32 Å². The van der Waals surface area contributed by atoms with E-state index in [9.17, 15) is 4.79 Å². The summed E-state index contributed by atoms with van der Waals surface area (Å²) in [6, 6.07) is 12.0. The van der Waals surface area contributed by atoms with Crippen molar-refractivity contribution in [2.75, 3.05) is 5.32 Å². The minimum Gasteiger partial charge on any atom is -0.324 e. The van der Waals surface area contributed by atoms with Crippen LogP contribution in [-0.4, -0.2) is 10.9 Å². The van der Waals surface area contributed by atoms with Gasteiger partial charge in [0.2, 0.25) is 5.91 Å². The highest BCUT2D eigenvalue weighted by atomic mass is 79.9. The molecule has 0 radical (unpaired) electrons. The number of nitrogens with zero attached hydrogens (tertiary/aromatic N) is 1. The first-order chi connectivity index (χ1) is 10.1. The van der Waals surface area contributed by atoms with Gasteiger partial charge in [-0.2, -0.15) is 0 Å². The van der Waals surface area contributed by atoms with E-state index in [2.05, 4.69) is 38.4 Å². The minimum atomic E-state index is -0.0574. The van der Waals surface area contributed by atoms with Crippen molar-refractivity contribution >= 4 is 27.5 Å². The topological polar surface area (TPSA) is 42.0 Å². The van der Waals surface area contributed by atoms with Crippen molar-refractivity contribution < 1.29 is 4.79 Å². The van der Waals surface area contributed by atoms with E-state index in [1.165, 1.54) is 11.1 Å². The van der Waals surface area contributed by atoms with Gasteiger partial charge < -0.3 is 5.32 Å². The number of nitrogens with one attached hydrogen (secondary N) is 1. The average molecular weight is 345 g/mol. The molecule has 1 amide bonds. The Balaban J connectivity index is 1.83. The van der Waals surface area contributed by atoms with Crippen LogP contribution in [0.1, 0.15) is 35.6 Å². The van der Waals surface area contributed by atoms with Crippen LogP contribution in [0.2, 0.25) is 0 Å². The second-order valence-electron chi connectivity index (χ2n) is 5.40. The van der Waals surface area contributed by atoms with E-state index >= 15 is 0 Å². The fourth-order valence-electron chi connectivity index (χ4n) is 2.91. The van der Waals surface area contributed by atoms with Gasteiger partial charge in [0.1, 0.15) is 4.60 Å². The largest absolute Gasteiger partial charge is 0.324 e. The Morgan fingerprint density at radius 1 is 1.29 bits per heavy atom. The fourth-order valence-corrected chi connectivity index (χ4v) is 3.31. The molecule has 3 nitrogen and oxygen atoms in total. The third-order valence-electron chi connectivity index (χ3n) is 4.00. The van der Waals surface area contributed by atoms with Gasteiger partial charge in [-0.05, 0) is 65.4 Å². The zero-order valence-electron chi connectivity index (χ0n) is 11.9. The smallest absolute Gasteiger partial charge is 0.231 e. The summed E-state index contributed by atoms with van der Waals surface area (Å²) in [5.41, 5.74) is 4.08. The van der Waals surface area contributed by atoms with Crippen LogP contribution in [0.4, 0.5) is 5.69 Å². The maximum atomic E-state index is 12.6. The Morgan fingerprint density at radius 3 is 2.90 bits per heavy atom. The van der Waals surface area contributed by atoms with Crippen molar-refractivity contribution in [3.63, 3.8) is 0 Å². The molecule has 1 heterocycles. The Bertz CT molecular complexity index is 684. The van der Waals surface area contributed by atoms with E-state index in [1.807, 2.05) is 31.2 Å². The Labute approximate surface area is 132 Å². The standard InChI is InChI=1S/C17H17BrN2O/c1-11-15(9-10-16(18)19-11)20-17(21)14-8-4-6-12-5-2-3-7-13(12)14/h2-3,5,7,9-10,14H,4,6,8H2,1H3,(H,20,21). The molecule has 0 bridgehead atoms. The molecular weight excluding hydrogens is 328 g/mol. The molecule has 0 saturated heterocycles. The lowest BCUT2D eigenvalue weighted by molar-refractivity contribution is -0.117. The molecule has 1 aromatic heterocycles. The molecule has 0 spiro atoms. The molecular formula is C17H17BrN2O. The second kappa shape index (κ2) is 5.98. The predicted molar refractivity (Wildman–Crippen MR) is 87.4 cm³/mol. The molecule has 0 aliphatic heterocycles. The highest BCUT2D eigenvalue weighted by Gasteiger charge is 2.26. The van der Waals surface area contributed by atoms with E-state index < -0.39 is 0 Å². The van der Waals surface area contributed by atoms with Gasteiger partial charge in [0.05, 0.1) is 17.3 Å². The molecule has 0 fully saturated rings. The van der Waals surface area contributed by atoms with Crippen molar-refractivity contribution in [3.8, 4) is 0 Å². The highest BCUT2D eigenvalue weighted by Crippen LogP contribution is 2.32. The minimum absolute atomic E-state index is 0.0574. The van der Waals surface area contributed by atoms with Gasteiger partial charge in [-0.1, -0.05) is 24.3 Å². The molecule has 1 aliphatic carbocycles. The molecule has 0 saturated carbocycles. The molecule has 3 rings (SSSR count). The summed E-state index contributed by atoms with van der Waals surface area (Å²) in [7, 11) is 0. The zero-order chi connectivity index (χ0) is 14.8. The van der Waals surface area contributed by atoms with E-state index in [0.717, 1.165) is 35.2 Å². The van der Waals surface area contributed by atoms with Crippen molar-refractivity contribution in [2.45, 2.75) is 32.1 Å². The molecule has 1 atom stereocenters. The predicted octanol–water partition coefficient (Wildman–Crippen LogP) is 4.21. The van der Waals surface area contributed by atoms with Gasteiger partial charge in [-0.15, -0.1) is 0 Å². The molecule has 108 valence electrons. The lowest BCUT2D eigenvalue weighted by Gasteiger charge is -2.24. The first-order valence-electron chi connectivity index (χ1n) is 7.17. The van der Waals surface area contributed by atoms with Gasteiger partial charge in [0, 0.05) is 0 Å². The summed E-state index contributed by atoms with van der Waals surface area (Å²) in [6.45, 7) is 1.90. The third-order valence-corrected chi connectivity index (χ3v) is 4.44. The second-order valence-corrected chi connectivity index (χ2v) is 6.21. The fraction of sp³-hybridized carbons (Fsp3) is 0.294. The number of aryl methyl sites for hydroxylation is 2. The number of benzene rings is 1. The van der Waals surface area contributed by atoms with Crippen molar-refractivity contribution in [1.29, 1.82) is 0 Å². The monoisotopic (exact) mass is 344 g/mol. The van der Waals surface area contributed by atoms with Gasteiger partial charge in [-0.3, -0.25) is 4.79 Å². The molecule has 1 aromatic carbocycles. The number of anilines is 1. The number of carbonyl (C=O) groups is 1.